The standard InChI is InChI=1S/C12H20O/c1-11-3-5-12(9-11,6-4-11)10-2-7-13-8-10/h10H,2-9H2,1H3. The molecule has 0 amide bonds. The van der Waals surface area contributed by atoms with Crippen LogP contribution in [0.15, 0.2) is 0 Å². The Bertz CT molecular complexity index is 207. The highest BCUT2D eigenvalue weighted by atomic mass is 16.5. The second-order valence-corrected chi connectivity index (χ2v) is 5.91. The second kappa shape index (κ2) is 2.50. The molecule has 1 atom stereocenters. The molecular formula is C12H20O. The third kappa shape index (κ3) is 1.09. The highest BCUT2D eigenvalue weighted by molar-refractivity contribution is 5.05. The van der Waals surface area contributed by atoms with E-state index in [0.717, 1.165) is 30.0 Å². The van der Waals surface area contributed by atoms with Gasteiger partial charge in [0.05, 0.1) is 0 Å². The smallest absolute Gasteiger partial charge is 0.0500 e. The van der Waals surface area contributed by atoms with E-state index in [2.05, 4.69) is 6.92 Å². The molecule has 0 spiro atoms. The quantitative estimate of drug-likeness (QED) is 0.602. The molecule has 0 aromatic carbocycles. The summed E-state index contributed by atoms with van der Waals surface area (Å²) >= 11 is 0. The van der Waals surface area contributed by atoms with Crippen molar-refractivity contribution in [3.63, 3.8) is 0 Å². The van der Waals surface area contributed by atoms with Crippen LogP contribution in [0, 0.1) is 16.7 Å². The normalized spacial score (nSPS) is 54.7. The van der Waals surface area contributed by atoms with E-state index < -0.39 is 0 Å². The molecule has 0 N–H and O–H groups in total. The van der Waals surface area contributed by atoms with Gasteiger partial charge in [0, 0.05) is 13.2 Å². The van der Waals surface area contributed by atoms with Crippen LogP contribution in [0.4, 0.5) is 0 Å². The van der Waals surface area contributed by atoms with E-state index in [4.69, 9.17) is 4.74 Å². The van der Waals surface area contributed by atoms with E-state index in [1.807, 2.05) is 0 Å². The molecule has 0 aromatic rings. The summed E-state index contributed by atoms with van der Waals surface area (Å²) in [7, 11) is 0. The van der Waals surface area contributed by atoms with Crippen LogP contribution in [-0.2, 0) is 4.74 Å². The summed E-state index contributed by atoms with van der Waals surface area (Å²) in [6, 6.07) is 0. The van der Waals surface area contributed by atoms with E-state index in [9.17, 15) is 0 Å². The summed E-state index contributed by atoms with van der Waals surface area (Å²) in [6.07, 6.45) is 8.83. The van der Waals surface area contributed by atoms with Crippen molar-refractivity contribution in [2.75, 3.05) is 13.2 Å². The first-order valence-electron chi connectivity index (χ1n) is 5.80. The fraction of sp³-hybridized carbons (Fsp3) is 1.00. The molecule has 74 valence electrons. The van der Waals surface area contributed by atoms with Crippen LogP contribution in [0.5, 0.6) is 0 Å². The van der Waals surface area contributed by atoms with Crippen molar-refractivity contribution in [3.8, 4) is 0 Å². The van der Waals surface area contributed by atoms with Crippen molar-refractivity contribution in [2.24, 2.45) is 16.7 Å². The molecule has 1 saturated heterocycles. The van der Waals surface area contributed by atoms with E-state index in [0.29, 0.717) is 0 Å². The lowest BCUT2D eigenvalue weighted by molar-refractivity contribution is 0.124. The zero-order valence-electron chi connectivity index (χ0n) is 8.64. The van der Waals surface area contributed by atoms with E-state index in [1.54, 1.807) is 0 Å². The Labute approximate surface area is 80.8 Å². The van der Waals surface area contributed by atoms with Gasteiger partial charge in [-0.05, 0) is 55.3 Å². The summed E-state index contributed by atoms with van der Waals surface area (Å²) in [5.74, 6) is 0.914. The Morgan fingerprint density at radius 3 is 2.38 bits per heavy atom. The predicted octanol–water partition coefficient (Wildman–Crippen LogP) is 2.99. The Kier molecular flexibility index (Phi) is 1.59. The van der Waals surface area contributed by atoms with Gasteiger partial charge in [-0.25, -0.2) is 0 Å². The van der Waals surface area contributed by atoms with Crippen molar-refractivity contribution in [1.82, 2.24) is 0 Å². The monoisotopic (exact) mass is 180 g/mol. The van der Waals surface area contributed by atoms with Gasteiger partial charge in [-0.1, -0.05) is 6.92 Å². The lowest BCUT2D eigenvalue weighted by atomic mass is 9.72. The minimum Gasteiger partial charge on any atom is -0.381 e. The Morgan fingerprint density at radius 1 is 1.15 bits per heavy atom. The topological polar surface area (TPSA) is 9.23 Å². The highest BCUT2D eigenvalue weighted by Crippen LogP contribution is 2.65. The SMILES string of the molecule is CC12CCC(C3CCOC3)(CC1)C2. The summed E-state index contributed by atoms with van der Waals surface area (Å²) < 4.78 is 5.55. The maximum absolute atomic E-state index is 5.55. The molecular weight excluding hydrogens is 160 g/mol. The predicted molar refractivity (Wildman–Crippen MR) is 52.6 cm³/mol. The first-order valence-corrected chi connectivity index (χ1v) is 5.80. The fourth-order valence-corrected chi connectivity index (χ4v) is 4.13. The minimum atomic E-state index is 0.725. The molecule has 2 bridgehead atoms. The first kappa shape index (κ1) is 8.28. The van der Waals surface area contributed by atoms with Gasteiger partial charge < -0.3 is 4.74 Å². The zero-order chi connectivity index (χ0) is 8.94. The average Bonchev–Trinajstić information content (AvgIpc) is 2.74. The number of fused-ring (bicyclic) bond motifs is 2. The van der Waals surface area contributed by atoms with Crippen molar-refractivity contribution in [2.45, 2.75) is 45.4 Å². The molecule has 0 radical (unpaired) electrons. The Hall–Kier alpha value is -0.0400. The van der Waals surface area contributed by atoms with Gasteiger partial charge in [0.15, 0.2) is 0 Å². The van der Waals surface area contributed by atoms with Gasteiger partial charge >= 0.3 is 0 Å². The summed E-state index contributed by atoms with van der Waals surface area (Å²) in [5, 5.41) is 0. The van der Waals surface area contributed by atoms with Crippen LogP contribution in [0.3, 0.4) is 0 Å². The molecule has 13 heavy (non-hydrogen) atoms. The number of hydrogen-bond acceptors (Lipinski definition) is 1. The van der Waals surface area contributed by atoms with Crippen LogP contribution in [-0.4, -0.2) is 13.2 Å². The van der Waals surface area contributed by atoms with Gasteiger partial charge in [-0.3, -0.25) is 0 Å². The van der Waals surface area contributed by atoms with Gasteiger partial charge in [0.25, 0.3) is 0 Å². The van der Waals surface area contributed by atoms with Gasteiger partial charge in [0.2, 0.25) is 0 Å². The molecule has 1 unspecified atom stereocenters. The average molecular weight is 180 g/mol. The van der Waals surface area contributed by atoms with Crippen molar-refractivity contribution in [3.05, 3.63) is 0 Å². The zero-order valence-corrected chi connectivity index (χ0v) is 8.64. The van der Waals surface area contributed by atoms with Crippen LogP contribution >= 0.6 is 0 Å². The van der Waals surface area contributed by atoms with Crippen LogP contribution in [0.2, 0.25) is 0 Å². The first-order chi connectivity index (χ1) is 6.23. The van der Waals surface area contributed by atoms with Gasteiger partial charge in [-0.2, -0.15) is 0 Å². The van der Waals surface area contributed by atoms with E-state index in [1.165, 1.54) is 38.5 Å². The highest BCUT2D eigenvalue weighted by Gasteiger charge is 2.55. The molecule has 1 heterocycles. The number of hydrogen-bond donors (Lipinski definition) is 0. The van der Waals surface area contributed by atoms with Crippen molar-refractivity contribution >= 4 is 0 Å². The van der Waals surface area contributed by atoms with Crippen molar-refractivity contribution < 1.29 is 4.74 Å². The molecule has 0 aromatic heterocycles. The largest absolute Gasteiger partial charge is 0.381 e. The summed E-state index contributed by atoms with van der Waals surface area (Å²) in [5.41, 5.74) is 1.45. The third-order valence-electron chi connectivity index (χ3n) is 5.03. The van der Waals surface area contributed by atoms with Gasteiger partial charge in [-0.15, -0.1) is 0 Å². The second-order valence-electron chi connectivity index (χ2n) is 5.91. The van der Waals surface area contributed by atoms with Crippen LogP contribution < -0.4 is 0 Å². The molecule has 3 rings (SSSR count). The third-order valence-corrected chi connectivity index (χ3v) is 5.03. The maximum Gasteiger partial charge on any atom is 0.0500 e. The van der Waals surface area contributed by atoms with E-state index in [-0.39, 0.29) is 0 Å². The Morgan fingerprint density at radius 2 is 1.92 bits per heavy atom. The number of ether oxygens (including phenoxy) is 1. The summed E-state index contributed by atoms with van der Waals surface area (Å²) in [4.78, 5) is 0. The molecule has 1 nitrogen and oxygen atoms in total. The van der Waals surface area contributed by atoms with E-state index >= 15 is 0 Å². The Balaban J connectivity index is 1.82. The lowest BCUT2D eigenvalue weighted by Crippen LogP contribution is -2.26. The molecule has 2 aliphatic carbocycles. The molecule has 1 heteroatoms. The van der Waals surface area contributed by atoms with Gasteiger partial charge in [0.1, 0.15) is 0 Å². The molecule has 3 aliphatic rings. The fourth-order valence-electron chi connectivity index (χ4n) is 4.13. The molecule has 3 fully saturated rings. The molecule has 1 aliphatic heterocycles. The summed E-state index contributed by atoms with van der Waals surface area (Å²) in [6.45, 7) is 4.59. The van der Waals surface area contributed by atoms with Crippen LogP contribution in [0.1, 0.15) is 45.4 Å². The minimum absolute atomic E-state index is 0.725. The van der Waals surface area contributed by atoms with Crippen molar-refractivity contribution in [1.29, 1.82) is 0 Å². The number of rotatable bonds is 1. The lowest BCUT2D eigenvalue weighted by Gasteiger charge is -2.32. The van der Waals surface area contributed by atoms with Crippen LogP contribution in [0.25, 0.3) is 0 Å². The maximum atomic E-state index is 5.55. The molecule has 2 saturated carbocycles.